The van der Waals surface area contributed by atoms with E-state index in [9.17, 15) is 5.11 Å². The molecule has 0 atom stereocenters. The van der Waals surface area contributed by atoms with Crippen molar-refractivity contribution in [2.45, 2.75) is 0 Å². The Balaban J connectivity index is 1.56. The third kappa shape index (κ3) is 2.81. The Bertz CT molecular complexity index is 866. The summed E-state index contributed by atoms with van der Waals surface area (Å²) in [6, 6.07) is 7.58. The van der Waals surface area contributed by atoms with Gasteiger partial charge < -0.3 is 19.7 Å². The lowest BCUT2D eigenvalue weighted by molar-refractivity contribution is 0.122. The van der Waals surface area contributed by atoms with Crippen LogP contribution in [0.5, 0.6) is 5.88 Å². The van der Waals surface area contributed by atoms with Crippen LogP contribution in [0, 0.1) is 0 Å². The molecule has 7 nitrogen and oxygen atoms in total. The summed E-state index contributed by atoms with van der Waals surface area (Å²) in [6.07, 6.45) is 5.03. The number of nitrogens with zero attached hydrogens (tertiary/aromatic N) is 4. The van der Waals surface area contributed by atoms with E-state index in [0.717, 1.165) is 43.2 Å². The summed E-state index contributed by atoms with van der Waals surface area (Å²) in [5, 5.41) is 10.8. The minimum Gasteiger partial charge on any atom is -0.494 e. The predicted octanol–water partition coefficient (Wildman–Crippen LogP) is 2.25. The average Bonchev–Trinajstić information content (AvgIpc) is 2.96. The molecule has 0 saturated carbocycles. The van der Waals surface area contributed by atoms with Crippen LogP contribution in [0.15, 0.2) is 41.7 Å². The zero-order chi connectivity index (χ0) is 16.4. The second-order valence-corrected chi connectivity index (χ2v) is 5.52. The molecule has 0 aromatic carbocycles. The maximum atomic E-state index is 10.0. The molecule has 1 fully saturated rings. The number of aromatic hydroxyl groups is 1. The van der Waals surface area contributed by atoms with Gasteiger partial charge in [0.15, 0.2) is 5.88 Å². The quantitative estimate of drug-likeness (QED) is 0.722. The number of anilines is 1. The number of aromatic nitrogens is 3. The molecule has 4 heterocycles. The van der Waals surface area contributed by atoms with Crippen molar-refractivity contribution >= 4 is 28.8 Å². The number of fused-ring (bicyclic) bond motifs is 1. The number of H-pyrrole nitrogens is 1. The van der Waals surface area contributed by atoms with Gasteiger partial charge in [-0.1, -0.05) is 0 Å². The lowest BCUT2D eigenvalue weighted by Gasteiger charge is -2.27. The van der Waals surface area contributed by atoms with Crippen LogP contribution in [0.2, 0.25) is 0 Å². The Hall–Kier alpha value is -2.93. The molecular weight excluding hydrogens is 306 g/mol. The monoisotopic (exact) mass is 323 g/mol. The van der Waals surface area contributed by atoms with Gasteiger partial charge in [-0.25, -0.2) is 9.97 Å². The zero-order valence-corrected chi connectivity index (χ0v) is 13.0. The second-order valence-electron chi connectivity index (χ2n) is 5.52. The summed E-state index contributed by atoms with van der Waals surface area (Å²) in [6.45, 7) is 3.17. The second kappa shape index (κ2) is 6.29. The molecule has 0 bridgehead atoms. The van der Waals surface area contributed by atoms with Crippen molar-refractivity contribution < 1.29 is 9.84 Å². The predicted molar refractivity (Wildman–Crippen MR) is 92.3 cm³/mol. The zero-order valence-electron chi connectivity index (χ0n) is 13.0. The number of morpholine rings is 1. The van der Waals surface area contributed by atoms with Crippen LogP contribution in [-0.4, -0.2) is 52.6 Å². The lowest BCUT2D eigenvalue weighted by Crippen LogP contribution is -2.36. The number of aromatic amines is 1. The van der Waals surface area contributed by atoms with E-state index >= 15 is 0 Å². The topological polar surface area (TPSA) is 86.6 Å². The molecule has 122 valence electrons. The maximum absolute atomic E-state index is 10.0. The Morgan fingerprint density at radius 2 is 2.08 bits per heavy atom. The van der Waals surface area contributed by atoms with E-state index in [4.69, 9.17) is 4.74 Å². The molecule has 3 aromatic heterocycles. The van der Waals surface area contributed by atoms with Gasteiger partial charge in [0.1, 0.15) is 11.5 Å². The standard InChI is InChI=1S/C17H17N5O2/c23-17-14(13-2-1-5-18-16(13)21-17)11-19-12-3-4-15(20-10-12)22-6-8-24-9-7-22/h1-5,10-11,23H,6-9H2,(H,18,21). The van der Waals surface area contributed by atoms with Gasteiger partial charge in [0.25, 0.3) is 0 Å². The van der Waals surface area contributed by atoms with Crippen LogP contribution in [0.1, 0.15) is 5.56 Å². The molecule has 1 aliphatic heterocycles. The van der Waals surface area contributed by atoms with Crippen molar-refractivity contribution in [3.63, 3.8) is 0 Å². The Labute approximate surface area is 138 Å². The number of rotatable bonds is 3. The van der Waals surface area contributed by atoms with Crippen LogP contribution in [0.25, 0.3) is 11.0 Å². The number of ether oxygens (including phenoxy) is 1. The molecule has 0 amide bonds. The molecule has 24 heavy (non-hydrogen) atoms. The number of pyridine rings is 2. The number of hydrogen-bond donors (Lipinski definition) is 2. The van der Waals surface area contributed by atoms with Gasteiger partial charge in [-0.3, -0.25) is 4.99 Å². The van der Waals surface area contributed by atoms with Gasteiger partial charge in [0, 0.05) is 30.9 Å². The summed E-state index contributed by atoms with van der Waals surface area (Å²) in [4.78, 5) is 18.1. The molecule has 2 N–H and O–H groups in total. The average molecular weight is 323 g/mol. The minimum absolute atomic E-state index is 0.0605. The van der Waals surface area contributed by atoms with Crippen molar-refractivity contribution in [3.8, 4) is 5.88 Å². The van der Waals surface area contributed by atoms with Crippen molar-refractivity contribution in [1.82, 2.24) is 15.0 Å². The van der Waals surface area contributed by atoms with E-state index in [1.807, 2.05) is 24.3 Å². The van der Waals surface area contributed by atoms with Gasteiger partial charge in [0.05, 0.1) is 30.7 Å². The van der Waals surface area contributed by atoms with Crippen molar-refractivity contribution in [3.05, 3.63) is 42.2 Å². The fourth-order valence-corrected chi connectivity index (χ4v) is 2.73. The van der Waals surface area contributed by atoms with Crippen LogP contribution in [0.3, 0.4) is 0 Å². The summed E-state index contributed by atoms with van der Waals surface area (Å²) in [7, 11) is 0. The van der Waals surface area contributed by atoms with Crippen LogP contribution >= 0.6 is 0 Å². The highest BCUT2D eigenvalue weighted by Crippen LogP contribution is 2.25. The highest BCUT2D eigenvalue weighted by molar-refractivity contribution is 6.01. The molecule has 0 spiro atoms. The summed E-state index contributed by atoms with van der Waals surface area (Å²) in [5.74, 6) is 0.988. The first kappa shape index (κ1) is 14.6. The maximum Gasteiger partial charge on any atom is 0.199 e. The molecular formula is C17H17N5O2. The van der Waals surface area contributed by atoms with Gasteiger partial charge in [-0.2, -0.15) is 0 Å². The first-order valence-corrected chi connectivity index (χ1v) is 7.80. The van der Waals surface area contributed by atoms with Crippen molar-refractivity contribution in [2.24, 2.45) is 4.99 Å². The van der Waals surface area contributed by atoms with Crippen molar-refractivity contribution in [1.29, 1.82) is 0 Å². The van der Waals surface area contributed by atoms with E-state index in [-0.39, 0.29) is 5.88 Å². The molecule has 4 rings (SSSR count). The third-order valence-electron chi connectivity index (χ3n) is 4.00. The Kier molecular flexibility index (Phi) is 3.84. The van der Waals surface area contributed by atoms with Gasteiger partial charge in [-0.15, -0.1) is 0 Å². The fourth-order valence-electron chi connectivity index (χ4n) is 2.73. The highest BCUT2D eigenvalue weighted by atomic mass is 16.5. The van der Waals surface area contributed by atoms with E-state index in [1.54, 1.807) is 18.6 Å². The van der Waals surface area contributed by atoms with E-state index in [1.165, 1.54) is 0 Å². The number of nitrogens with one attached hydrogen (secondary N) is 1. The molecule has 3 aromatic rings. The van der Waals surface area contributed by atoms with E-state index in [2.05, 4.69) is 24.8 Å². The van der Waals surface area contributed by atoms with Crippen molar-refractivity contribution in [2.75, 3.05) is 31.2 Å². The van der Waals surface area contributed by atoms with Gasteiger partial charge >= 0.3 is 0 Å². The first-order chi connectivity index (χ1) is 11.8. The van der Waals surface area contributed by atoms with Crippen LogP contribution < -0.4 is 4.90 Å². The fraction of sp³-hybridized carbons (Fsp3) is 0.235. The number of aliphatic imine (C=N–C) groups is 1. The van der Waals surface area contributed by atoms with Crippen LogP contribution in [0.4, 0.5) is 11.5 Å². The molecule has 0 unspecified atom stereocenters. The largest absolute Gasteiger partial charge is 0.494 e. The summed E-state index contributed by atoms with van der Waals surface area (Å²) in [5.41, 5.74) is 1.98. The molecule has 0 radical (unpaired) electrons. The Morgan fingerprint density at radius 3 is 2.88 bits per heavy atom. The smallest absolute Gasteiger partial charge is 0.199 e. The lowest BCUT2D eigenvalue weighted by atomic mass is 10.2. The SMILES string of the molecule is Oc1[nH]c2ncccc2c1C=Nc1ccc(N2CCOCC2)nc1. The number of hydrogen-bond acceptors (Lipinski definition) is 6. The minimum atomic E-state index is 0.0605. The van der Waals surface area contributed by atoms with Gasteiger partial charge in [-0.05, 0) is 24.3 Å². The highest BCUT2D eigenvalue weighted by Gasteiger charge is 2.12. The van der Waals surface area contributed by atoms with Gasteiger partial charge in [0.2, 0.25) is 0 Å². The molecule has 7 heteroatoms. The molecule has 1 saturated heterocycles. The van der Waals surface area contributed by atoms with Crippen LogP contribution in [-0.2, 0) is 4.74 Å². The van der Waals surface area contributed by atoms with E-state index < -0.39 is 0 Å². The molecule has 0 aliphatic carbocycles. The summed E-state index contributed by atoms with van der Waals surface area (Å²) < 4.78 is 5.35. The van der Waals surface area contributed by atoms with E-state index in [0.29, 0.717) is 11.2 Å². The normalized spacial score (nSPS) is 15.4. The molecule has 1 aliphatic rings. The Morgan fingerprint density at radius 1 is 1.21 bits per heavy atom. The third-order valence-corrected chi connectivity index (χ3v) is 4.00. The summed E-state index contributed by atoms with van der Waals surface area (Å²) >= 11 is 0. The first-order valence-electron chi connectivity index (χ1n) is 7.80.